The molecule has 0 saturated carbocycles. The highest BCUT2D eigenvalue weighted by Gasteiger charge is 2.33. The standard InChI is InChI=1S/C27H35NP/c1-6-29(7-2,8-3)21-24-20-23(5)16-19-27(24)28(25-12-10-9-11-13-25)26-17-14-22(4)15-18-26/h9-20H,6-8,21H2,1-5H3/q+1. The minimum atomic E-state index is -0.965. The van der Waals surface area contributed by atoms with E-state index >= 15 is 0 Å². The van der Waals surface area contributed by atoms with E-state index in [-0.39, 0.29) is 0 Å². The van der Waals surface area contributed by atoms with Crippen LogP contribution in [0.5, 0.6) is 0 Å². The summed E-state index contributed by atoms with van der Waals surface area (Å²) in [4.78, 5) is 2.43. The van der Waals surface area contributed by atoms with Gasteiger partial charge in [-0.05, 0) is 65.0 Å². The number of hydrogen-bond acceptors (Lipinski definition) is 1. The summed E-state index contributed by atoms with van der Waals surface area (Å²) >= 11 is 0. The third kappa shape index (κ3) is 4.90. The number of para-hydroxylation sites is 1. The monoisotopic (exact) mass is 404 g/mol. The lowest BCUT2D eigenvalue weighted by molar-refractivity contribution is 1.18. The summed E-state index contributed by atoms with van der Waals surface area (Å²) in [6.45, 7) is 11.5. The zero-order chi connectivity index (χ0) is 20.9. The minimum absolute atomic E-state index is 0.965. The third-order valence-corrected chi connectivity index (χ3v) is 11.3. The van der Waals surface area contributed by atoms with Gasteiger partial charge >= 0.3 is 0 Å². The quantitative estimate of drug-likeness (QED) is 0.341. The molecule has 0 saturated heterocycles. The SMILES string of the molecule is CC[P+](CC)(CC)Cc1cc(C)ccc1N(c1ccccc1)c1ccc(C)cc1. The lowest BCUT2D eigenvalue weighted by Gasteiger charge is -2.30. The molecule has 2 heteroatoms. The highest BCUT2D eigenvalue weighted by atomic mass is 31.2. The van der Waals surface area contributed by atoms with Crippen LogP contribution >= 0.6 is 7.26 Å². The Morgan fingerprint density at radius 1 is 0.655 bits per heavy atom. The van der Waals surface area contributed by atoms with Crippen LogP contribution < -0.4 is 4.90 Å². The maximum absolute atomic E-state index is 2.43. The molecular weight excluding hydrogens is 369 g/mol. The van der Waals surface area contributed by atoms with Crippen LogP contribution in [-0.2, 0) is 6.16 Å². The Morgan fingerprint density at radius 3 is 1.79 bits per heavy atom. The van der Waals surface area contributed by atoms with Crippen LogP contribution in [0.2, 0.25) is 0 Å². The van der Waals surface area contributed by atoms with Gasteiger partial charge < -0.3 is 4.90 Å². The Bertz CT molecular complexity index is 903. The summed E-state index contributed by atoms with van der Waals surface area (Å²) in [6.07, 6.45) is 5.19. The molecule has 0 spiro atoms. The summed E-state index contributed by atoms with van der Waals surface area (Å²) < 4.78 is 0. The van der Waals surface area contributed by atoms with E-state index in [0.717, 1.165) is 0 Å². The van der Waals surface area contributed by atoms with Gasteiger partial charge in [0.2, 0.25) is 0 Å². The van der Waals surface area contributed by atoms with E-state index in [9.17, 15) is 0 Å². The zero-order valence-electron chi connectivity index (χ0n) is 18.7. The second kappa shape index (κ2) is 9.59. The second-order valence-corrected chi connectivity index (χ2v) is 13.0. The molecule has 0 aliphatic heterocycles. The predicted octanol–water partition coefficient (Wildman–Crippen LogP) is 8.35. The second-order valence-electron chi connectivity index (χ2n) is 8.09. The van der Waals surface area contributed by atoms with Crippen molar-refractivity contribution in [1.29, 1.82) is 0 Å². The summed E-state index contributed by atoms with van der Waals surface area (Å²) in [5.74, 6) is 0. The van der Waals surface area contributed by atoms with Crippen molar-refractivity contribution in [2.24, 2.45) is 0 Å². The third-order valence-electron chi connectivity index (χ3n) is 6.30. The van der Waals surface area contributed by atoms with Gasteiger partial charge in [0.15, 0.2) is 0 Å². The number of rotatable bonds is 8. The van der Waals surface area contributed by atoms with Crippen LogP contribution in [0.15, 0.2) is 72.8 Å². The van der Waals surface area contributed by atoms with Crippen molar-refractivity contribution in [3.8, 4) is 0 Å². The summed E-state index contributed by atoms with van der Waals surface area (Å²) in [5, 5.41) is 0. The maximum atomic E-state index is 2.43. The molecule has 3 aromatic carbocycles. The van der Waals surface area contributed by atoms with Crippen molar-refractivity contribution in [2.75, 3.05) is 23.4 Å². The van der Waals surface area contributed by atoms with Gasteiger partial charge in [0, 0.05) is 24.2 Å². The number of aryl methyl sites for hydroxylation is 2. The molecule has 0 amide bonds. The number of nitrogens with zero attached hydrogens (tertiary/aromatic N) is 1. The molecule has 0 aliphatic rings. The first-order valence-corrected chi connectivity index (χ1v) is 13.4. The van der Waals surface area contributed by atoms with Gasteiger partial charge in [0.05, 0.1) is 30.3 Å². The maximum Gasteiger partial charge on any atom is 0.0863 e. The fourth-order valence-corrected chi connectivity index (χ4v) is 7.11. The average Bonchev–Trinajstić information content (AvgIpc) is 2.76. The van der Waals surface area contributed by atoms with Gasteiger partial charge in [-0.25, -0.2) is 0 Å². The molecule has 0 aliphatic carbocycles. The lowest BCUT2D eigenvalue weighted by atomic mass is 10.1. The zero-order valence-corrected chi connectivity index (χ0v) is 19.5. The Labute approximate surface area is 178 Å². The highest BCUT2D eigenvalue weighted by molar-refractivity contribution is 7.75. The van der Waals surface area contributed by atoms with Crippen molar-refractivity contribution >= 4 is 24.3 Å². The van der Waals surface area contributed by atoms with E-state index in [4.69, 9.17) is 0 Å². The van der Waals surface area contributed by atoms with Gasteiger partial charge in [0.25, 0.3) is 0 Å². The fourth-order valence-electron chi connectivity index (χ4n) is 4.12. The van der Waals surface area contributed by atoms with Gasteiger partial charge in [-0.3, -0.25) is 0 Å². The number of anilines is 3. The van der Waals surface area contributed by atoms with E-state index in [1.807, 2.05) is 0 Å². The molecule has 0 unspecified atom stereocenters. The Balaban J connectivity index is 2.17. The number of hydrogen-bond donors (Lipinski definition) is 0. The molecule has 0 N–H and O–H groups in total. The minimum Gasteiger partial charge on any atom is -0.310 e. The summed E-state index contributed by atoms with van der Waals surface area (Å²) in [7, 11) is -0.965. The Morgan fingerprint density at radius 2 is 1.21 bits per heavy atom. The smallest absolute Gasteiger partial charge is 0.0863 e. The molecule has 0 radical (unpaired) electrons. The molecule has 1 nitrogen and oxygen atoms in total. The molecule has 0 bridgehead atoms. The van der Waals surface area contributed by atoms with Crippen LogP contribution in [0.4, 0.5) is 17.1 Å². The molecule has 0 aromatic heterocycles. The summed E-state index contributed by atoms with van der Waals surface area (Å²) in [5.41, 5.74) is 7.90. The van der Waals surface area contributed by atoms with Gasteiger partial charge in [-0.2, -0.15) is 0 Å². The Hall–Kier alpha value is -2.11. The van der Waals surface area contributed by atoms with E-state index in [0.29, 0.717) is 0 Å². The molecule has 3 rings (SSSR count). The molecule has 0 heterocycles. The van der Waals surface area contributed by atoms with Crippen LogP contribution in [0.1, 0.15) is 37.5 Å². The van der Waals surface area contributed by atoms with E-state index in [1.165, 1.54) is 58.4 Å². The van der Waals surface area contributed by atoms with Crippen LogP contribution in [0.3, 0.4) is 0 Å². The van der Waals surface area contributed by atoms with Crippen LogP contribution in [-0.4, -0.2) is 18.5 Å². The van der Waals surface area contributed by atoms with Crippen molar-refractivity contribution in [3.63, 3.8) is 0 Å². The van der Waals surface area contributed by atoms with Gasteiger partial charge in [-0.1, -0.05) is 53.6 Å². The topological polar surface area (TPSA) is 3.24 Å². The predicted molar refractivity (Wildman–Crippen MR) is 133 cm³/mol. The fraction of sp³-hybridized carbons (Fsp3) is 0.333. The molecule has 152 valence electrons. The lowest BCUT2D eigenvalue weighted by Crippen LogP contribution is -2.14. The van der Waals surface area contributed by atoms with E-state index in [1.54, 1.807) is 0 Å². The molecular formula is C27H35NP+. The van der Waals surface area contributed by atoms with Crippen molar-refractivity contribution in [3.05, 3.63) is 89.5 Å². The largest absolute Gasteiger partial charge is 0.310 e. The molecule has 3 aromatic rings. The van der Waals surface area contributed by atoms with Crippen LogP contribution in [0.25, 0.3) is 0 Å². The van der Waals surface area contributed by atoms with Crippen molar-refractivity contribution < 1.29 is 0 Å². The first-order valence-electron chi connectivity index (χ1n) is 10.9. The van der Waals surface area contributed by atoms with Gasteiger partial charge in [-0.15, -0.1) is 0 Å². The van der Waals surface area contributed by atoms with Gasteiger partial charge in [0.1, 0.15) is 0 Å². The molecule has 0 fully saturated rings. The van der Waals surface area contributed by atoms with Crippen molar-refractivity contribution in [1.82, 2.24) is 0 Å². The normalized spacial score (nSPS) is 11.5. The molecule has 29 heavy (non-hydrogen) atoms. The average molecular weight is 405 g/mol. The number of benzene rings is 3. The first kappa shape index (κ1) is 21.6. The summed E-state index contributed by atoms with van der Waals surface area (Å²) in [6, 6.07) is 26.7. The molecule has 0 atom stereocenters. The van der Waals surface area contributed by atoms with Crippen LogP contribution in [0, 0.1) is 13.8 Å². The Kier molecular flexibility index (Phi) is 7.14. The van der Waals surface area contributed by atoms with E-state index < -0.39 is 7.26 Å². The van der Waals surface area contributed by atoms with Crippen molar-refractivity contribution in [2.45, 2.75) is 40.8 Å². The van der Waals surface area contributed by atoms with E-state index in [2.05, 4.69) is 112 Å². The highest BCUT2D eigenvalue weighted by Crippen LogP contribution is 2.61. The first-order chi connectivity index (χ1) is 14.0.